The topological polar surface area (TPSA) is 70.2 Å². The summed E-state index contributed by atoms with van der Waals surface area (Å²) in [5, 5.41) is 7.38. The molecule has 6 rings (SSSR count). The summed E-state index contributed by atoms with van der Waals surface area (Å²) in [6, 6.07) is 14.5. The van der Waals surface area contributed by atoms with E-state index in [0.717, 1.165) is 68.6 Å². The third-order valence-corrected chi connectivity index (χ3v) is 8.39. The maximum absolute atomic E-state index is 13.4. The third-order valence-electron chi connectivity index (χ3n) is 8.11. The van der Waals surface area contributed by atoms with E-state index in [1.165, 1.54) is 18.6 Å². The van der Waals surface area contributed by atoms with Gasteiger partial charge in [-0.2, -0.15) is 0 Å². The molecule has 1 aromatic heterocycles. The molecule has 2 N–H and O–H groups in total. The van der Waals surface area contributed by atoms with Crippen molar-refractivity contribution in [3.63, 3.8) is 0 Å². The minimum absolute atomic E-state index is 0.0529. The fraction of sp³-hybridized carbons (Fsp3) is 0.414. The highest BCUT2D eigenvalue weighted by Crippen LogP contribution is 2.39. The van der Waals surface area contributed by atoms with Gasteiger partial charge in [-0.15, -0.1) is 0 Å². The van der Waals surface area contributed by atoms with Crippen molar-refractivity contribution in [3.8, 4) is 22.4 Å². The normalized spacial score (nSPS) is 22.6. The van der Waals surface area contributed by atoms with Gasteiger partial charge in [0.25, 0.3) is 0 Å². The number of amides is 1. The van der Waals surface area contributed by atoms with Crippen LogP contribution >= 0.6 is 11.6 Å². The highest BCUT2D eigenvalue weighted by atomic mass is 35.5. The van der Waals surface area contributed by atoms with E-state index in [1.54, 1.807) is 18.3 Å². The Kier molecular flexibility index (Phi) is 6.59. The largest absolute Gasteiger partial charge is 0.351 e. The molecule has 6 nitrogen and oxygen atoms in total. The Bertz CT molecular complexity index is 1290. The zero-order valence-corrected chi connectivity index (χ0v) is 21.5. The van der Waals surface area contributed by atoms with Gasteiger partial charge in [0.05, 0.1) is 16.9 Å². The Morgan fingerprint density at radius 1 is 1.11 bits per heavy atom. The smallest absolute Gasteiger partial charge is 0.225 e. The molecule has 3 heterocycles. The summed E-state index contributed by atoms with van der Waals surface area (Å²) in [5.74, 6) is 0.613. The molecule has 1 saturated carbocycles. The molecule has 2 aliphatic heterocycles. The van der Waals surface area contributed by atoms with Gasteiger partial charge in [-0.3, -0.25) is 4.79 Å². The van der Waals surface area contributed by atoms with Crippen molar-refractivity contribution in [2.45, 2.75) is 38.1 Å². The van der Waals surface area contributed by atoms with Crippen molar-refractivity contribution >= 4 is 23.5 Å². The van der Waals surface area contributed by atoms with Crippen molar-refractivity contribution in [2.75, 3.05) is 31.5 Å². The van der Waals surface area contributed by atoms with Crippen LogP contribution < -0.4 is 10.6 Å². The van der Waals surface area contributed by atoms with Crippen LogP contribution in [0.2, 0.25) is 5.02 Å². The number of nitrogens with one attached hydrogen (secondary N) is 2. The van der Waals surface area contributed by atoms with Crippen LogP contribution in [0.15, 0.2) is 54.7 Å². The Morgan fingerprint density at radius 3 is 2.70 bits per heavy atom. The molecule has 2 unspecified atom stereocenters. The van der Waals surface area contributed by atoms with Crippen molar-refractivity contribution in [1.82, 2.24) is 20.2 Å². The predicted octanol–water partition coefficient (Wildman–Crippen LogP) is 5.40. The van der Waals surface area contributed by atoms with Gasteiger partial charge < -0.3 is 15.5 Å². The number of hydrogen-bond acceptors (Lipinski definition) is 5. The third kappa shape index (κ3) is 5.07. The second kappa shape index (κ2) is 10.0. The first-order chi connectivity index (χ1) is 18.0. The van der Waals surface area contributed by atoms with E-state index in [9.17, 15) is 9.18 Å². The Hall–Kier alpha value is -3.03. The lowest BCUT2D eigenvalue weighted by atomic mass is 9.77. The zero-order chi connectivity index (χ0) is 25.4. The molecular formula is C29H31ClFN5O. The van der Waals surface area contributed by atoms with E-state index in [4.69, 9.17) is 16.6 Å². The minimum atomic E-state index is -0.263. The summed E-state index contributed by atoms with van der Waals surface area (Å²) >= 11 is 6.51. The van der Waals surface area contributed by atoms with Gasteiger partial charge in [-0.25, -0.2) is 14.4 Å². The lowest BCUT2D eigenvalue weighted by molar-refractivity contribution is -0.148. The number of carbonyl (C=O) groups is 1. The number of anilines is 1. The molecule has 2 saturated heterocycles. The number of carbonyl (C=O) groups excluding carboxylic acids is 1. The number of likely N-dealkylation sites (tertiary alicyclic amines) is 1. The fourth-order valence-corrected chi connectivity index (χ4v) is 6.30. The second-order valence-corrected chi connectivity index (χ2v) is 11.2. The number of hydrogen-bond donors (Lipinski definition) is 2. The number of aromatic nitrogens is 2. The molecule has 0 bridgehead atoms. The number of nitrogens with zero attached hydrogens (tertiary/aromatic N) is 3. The van der Waals surface area contributed by atoms with Crippen molar-refractivity contribution in [2.24, 2.45) is 11.3 Å². The van der Waals surface area contributed by atoms with Crippen LogP contribution in [0.5, 0.6) is 0 Å². The molecule has 1 amide bonds. The minimum Gasteiger partial charge on any atom is -0.351 e. The molecule has 2 aromatic carbocycles. The Labute approximate surface area is 221 Å². The molecule has 3 fully saturated rings. The molecule has 3 aliphatic rings. The van der Waals surface area contributed by atoms with Crippen LogP contribution in [0.3, 0.4) is 0 Å². The van der Waals surface area contributed by atoms with Crippen molar-refractivity contribution in [3.05, 3.63) is 65.6 Å². The predicted molar refractivity (Wildman–Crippen MR) is 144 cm³/mol. The monoisotopic (exact) mass is 519 g/mol. The van der Waals surface area contributed by atoms with Gasteiger partial charge in [0, 0.05) is 42.6 Å². The molecule has 3 aromatic rings. The number of halogens is 2. The summed E-state index contributed by atoms with van der Waals surface area (Å²) in [7, 11) is 0. The maximum atomic E-state index is 13.4. The van der Waals surface area contributed by atoms with Crippen LogP contribution in [0.1, 0.15) is 32.1 Å². The molecule has 1 aliphatic carbocycles. The zero-order valence-electron chi connectivity index (χ0n) is 20.7. The van der Waals surface area contributed by atoms with Gasteiger partial charge in [0.15, 0.2) is 0 Å². The number of benzene rings is 2. The van der Waals surface area contributed by atoms with Crippen LogP contribution in [-0.4, -0.2) is 53.0 Å². The molecule has 8 heteroatoms. The van der Waals surface area contributed by atoms with Gasteiger partial charge >= 0.3 is 0 Å². The van der Waals surface area contributed by atoms with E-state index in [1.807, 2.05) is 24.3 Å². The average Bonchev–Trinajstić information content (AvgIpc) is 3.40. The van der Waals surface area contributed by atoms with Crippen LogP contribution in [0, 0.1) is 17.2 Å². The van der Waals surface area contributed by atoms with Gasteiger partial charge in [0.2, 0.25) is 11.9 Å². The van der Waals surface area contributed by atoms with Crippen molar-refractivity contribution in [1.29, 1.82) is 0 Å². The van der Waals surface area contributed by atoms with Crippen LogP contribution in [-0.2, 0) is 4.79 Å². The Balaban J connectivity index is 1.14. The SMILES string of the molecule is O=C(C1CCCC(Nc2ncc(Cl)c(-c3cccc(-c4ccc(F)cc4)c3)n2)C1)N1CC2(CCNC2)C1. The lowest BCUT2D eigenvalue weighted by Crippen LogP contribution is -2.60. The summed E-state index contributed by atoms with van der Waals surface area (Å²) in [6.07, 6.45) is 6.53. The molecule has 192 valence electrons. The van der Waals surface area contributed by atoms with Gasteiger partial charge in [0.1, 0.15) is 5.82 Å². The first-order valence-electron chi connectivity index (χ1n) is 13.1. The quantitative estimate of drug-likeness (QED) is 0.472. The summed E-state index contributed by atoms with van der Waals surface area (Å²) in [6.45, 7) is 3.90. The summed E-state index contributed by atoms with van der Waals surface area (Å²) < 4.78 is 13.4. The van der Waals surface area contributed by atoms with Crippen molar-refractivity contribution < 1.29 is 9.18 Å². The van der Waals surface area contributed by atoms with Gasteiger partial charge in [-0.05, 0) is 61.6 Å². The maximum Gasteiger partial charge on any atom is 0.225 e. The van der Waals surface area contributed by atoms with E-state index in [2.05, 4.69) is 20.5 Å². The molecule has 37 heavy (non-hydrogen) atoms. The molecular weight excluding hydrogens is 489 g/mol. The van der Waals surface area contributed by atoms with Gasteiger partial charge in [-0.1, -0.05) is 48.4 Å². The van der Waals surface area contributed by atoms with Crippen LogP contribution in [0.25, 0.3) is 22.4 Å². The standard InChI is InChI=1S/C29H31ClFN5O/c30-25-15-33-28(35-26(25)21-4-1-3-20(13-21)19-7-9-23(31)10-8-19)34-24-6-2-5-22(14-24)27(37)36-17-29(18-36)11-12-32-16-29/h1,3-4,7-10,13,15,22,24,32H,2,5-6,11-12,14,16-18H2,(H,33,34,35). The highest BCUT2D eigenvalue weighted by Gasteiger charge is 2.48. The van der Waals surface area contributed by atoms with Crippen LogP contribution in [0.4, 0.5) is 10.3 Å². The number of rotatable bonds is 5. The first-order valence-corrected chi connectivity index (χ1v) is 13.5. The molecule has 1 spiro atoms. The molecule has 2 atom stereocenters. The van der Waals surface area contributed by atoms with E-state index >= 15 is 0 Å². The molecule has 0 radical (unpaired) electrons. The summed E-state index contributed by atoms with van der Waals surface area (Å²) in [4.78, 5) is 24.4. The second-order valence-electron chi connectivity index (χ2n) is 10.8. The summed E-state index contributed by atoms with van der Waals surface area (Å²) in [5.41, 5.74) is 3.70. The Morgan fingerprint density at radius 2 is 1.92 bits per heavy atom. The average molecular weight is 520 g/mol. The van der Waals surface area contributed by atoms with E-state index in [-0.39, 0.29) is 17.8 Å². The van der Waals surface area contributed by atoms with E-state index < -0.39 is 0 Å². The lowest BCUT2D eigenvalue weighted by Gasteiger charge is -2.49. The van der Waals surface area contributed by atoms with E-state index in [0.29, 0.717) is 28.0 Å². The fourth-order valence-electron chi connectivity index (χ4n) is 6.10. The first kappa shape index (κ1) is 24.3. The highest BCUT2D eigenvalue weighted by molar-refractivity contribution is 6.32.